The summed E-state index contributed by atoms with van der Waals surface area (Å²) < 4.78 is 18.0. The molecule has 1 N–H and O–H groups in total. The molecule has 116 valence electrons. The third kappa shape index (κ3) is 6.25. The molecule has 0 fully saturated rings. The van der Waals surface area contributed by atoms with Crippen molar-refractivity contribution in [2.75, 3.05) is 19.7 Å². The second kappa shape index (κ2) is 8.24. The molecule has 1 aromatic rings. The number of halogens is 1. The highest BCUT2D eigenvalue weighted by Gasteiger charge is 2.16. The van der Waals surface area contributed by atoms with Gasteiger partial charge in [-0.25, -0.2) is 4.39 Å². The van der Waals surface area contributed by atoms with Crippen molar-refractivity contribution in [3.8, 4) is 5.75 Å². The molecule has 1 aromatic carbocycles. The van der Waals surface area contributed by atoms with Crippen LogP contribution in [-0.2, 0) is 9.59 Å². The number of likely N-dealkylation sites (N-methyl/N-ethyl adjacent to an activating group) is 1. The Hall–Kier alpha value is -2.11. The minimum Gasteiger partial charge on any atom is -0.484 e. The Morgan fingerprint density at radius 3 is 2.43 bits per heavy atom. The smallest absolute Gasteiger partial charge is 0.260 e. The number of ether oxygens (including phenoxy) is 1. The zero-order chi connectivity index (χ0) is 15.8. The van der Waals surface area contributed by atoms with Gasteiger partial charge in [0.1, 0.15) is 11.6 Å². The molecule has 0 saturated carbocycles. The Morgan fingerprint density at radius 1 is 1.29 bits per heavy atom. The Kier molecular flexibility index (Phi) is 6.65. The van der Waals surface area contributed by atoms with Gasteiger partial charge >= 0.3 is 0 Å². The molecule has 0 unspecified atom stereocenters. The van der Waals surface area contributed by atoms with Crippen molar-refractivity contribution in [2.45, 2.75) is 26.8 Å². The molecule has 0 radical (unpaired) electrons. The van der Waals surface area contributed by atoms with Gasteiger partial charge in [-0.2, -0.15) is 0 Å². The van der Waals surface area contributed by atoms with Crippen LogP contribution < -0.4 is 10.1 Å². The maximum Gasteiger partial charge on any atom is 0.260 e. The van der Waals surface area contributed by atoms with Gasteiger partial charge in [0.25, 0.3) is 5.91 Å². The minimum absolute atomic E-state index is 0.000289. The fourth-order valence-electron chi connectivity index (χ4n) is 1.68. The lowest BCUT2D eigenvalue weighted by molar-refractivity contribution is -0.137. The third-order valence-corrected chi connectivity index (χ3v) is 2.69. The molecule has 0 aliphatic heterocycles. The van der Waals surface area contributed by atoms with E-state index in [0.717, 1.165) is 0 Å². The van der Waals surface area contributed by atoms with Crippen LogP contribution in [-0.4, -0.2) is 42.5 Å². The summed E-state index contributed by atoms with van der Waals surface area (Å²) in [4.78, 5) is 25.0. The van der Waals surface area contributed by atoms with E-state index in [-0.39, 0.29) is 36.8 Å². The summed E-state index contributed by atoms with van der Waals surface area (Å²) in [6, 6.07) is 5.44. The zero-order valence-electron chi connectivity index (χ0n) is 12.6. The van der Waals surface area contributed by atoms with Gasteiger partial charge < -0.3 is 15.0 Å². The molecule has 0 saturated heterocycles. The van der Waals surface area contributed by atoms with Crippen molar-refractivity contribution < 1.29 is 18.7 Å². The van der Waals surface area contributed by atoms with Gasteiger partial charge in [-0.15, -0.1) is 0 Å². The number of hydrogen-bond donors (Lipinski definition) is 1. The molecule has 21 heavy (non-hydrogen) atoms. The maximum absolute atomic E-state index is 12.7. The largest absolute Gasteiger partial charge is 0.484 e. The summed E-state index contributed by atoms with van der Waals surface area (Å²) >= 11 is 0. The fraction of sp³-hybridized carbons (Fsp3) is 0.467. The highest BCUT2D eigenvalue weighted by molar-refractivity contribution is 5.85. The molecule has 0 aliphatic carbocycles. The van der Waals surface area contributed by atoms with Crippen molar-refractivity contribution in [3.05, 3.63) is 30.1 Å². The number of carbonyl (C=O) groups is 2. The summed E-state index contributed by atoms with van der Waals surface area (Å²) in [6.45, 7) is 5.73. The van der Waals surface area contributed by atoms with Crippen LogP contribution in [0, 0.1) is 5.82 Å². The van der Waals surface area contributed by atoms with E-state index in [1.54, 1.807) is 6.92 Å². The maximum atomic E-state index is 12.7. The molecular weight excluding hydrogens is 275 g/mol. The monoisotopic (exact) mass is 296 g/mol. The Morgan fingerprint density at radius 2 is 1.90 bits per heavy atom. The van der Waals surface area contributed by atoms with Gasteiger partial charge in [0.2, 0.25) is 5.91 Å². The SMILES string of the molecule is CCN(CC(=O)NC(C)C)C(=O)COc1ccc(F)cc1. The number of nitrogens with one attached hydrogen (secondary N) is 1. The van der Waals surface area contributed by atoms with Gasteiger partial charge in [0.05, 0.1) is 6.54 Å². The van der Waals surface area contributed by atoms with Crippen molar-refractivity contribution in [1.82, 2.24) is 10.2 Å². The first-order chi connectivity index (χ1) is 9.92. The van der Waals surface area contributed by atoms with Gasteiger partial charge in [-0.1, -0.05) is 0 Å². The predicted molar refractivity (Wildman–Crippen MR) is 77.4 cm³/mol. The second-order valence-corrected chi connectivity index (χ2v) is 4.87. The number of rotatable bonds is 7. The topological polar surface area (TPSA) is 58.6 Å². The van der Waals surface area contributed by atoms with E-state index in [1.165, 1.54) is 29.2 Å². The quantitative estimate of drug-likeness (QED) is 0.831. The predicted octanol–water partition coefficient (Wildman–Crippen LogP) is 1.58. The number of hydrogen-bond acceptors (Lipinski definition) is 3. The first-order valence-corrected chi connectivity index (χ1v) is 6.88. The van der Waals surface area contributed by atoms with Crippen molar-refractivity contribution >= 4 is 11.8 Å². The fourth-order valence-corrected chi connectivity index (χ4v) is 1.68. The average Bonchev–Trinajstić information content (AvgIpc) is 2.43. The van der Waals surface area contributed by atoms with Crippen LogP contribution in [0.5, 0.6) is 5.75 Å². The second-order valence-electron chi connectivity index (χ2n) is 4.87. The van der Waals surface area contributed by atoms with Crippen LogP contribution in [0.3, 0.4) is 0 Å². The average molecular weight is 296 g/mol. The van der Waals surface area contributed by atoms with Gasteiger partial charge in [-0.05, 0) is 45.0 Å². The normalized spacial score (nSPS) is 10.3. The third-order valence-electron chi connectivity index (χ3n) is 2.69. The van der Waals surface area contributed by atoms with E-state index in [4.69, 9.17) is 4.74 Å². The molecule has 0 aliphatic rings. The number of amides is 2. The molecule has 1 rings (SSSR count). The zero-order valence-corrected chi connectivity index (χ0v) is 12.6. The highest BCUT2D eigenvalue weighted by atomic mass is 19.1. The molecule has 0 aromatic heterocycles. The number of carbonyl (C=O) groups excluding carboxylic acids is 2. The van der Waals surface area contributed by atoms with Gasteiger partial charge in [0.15, 0.2) is 6.61 Å². The van der Waals surface area contributed by atoms with E-state index in [0.29, 0.717) is 12.3 Å². The lowest BCUT2D eigenvalue weighted by Gasteiger charge is -2.21. The lowest BCUT2D eigenvalue weighted by atomic mass is 10.3. The first kappa shape index (κ1) is 16.9. The van der Waals surface area contributed by atoms with Crippen molar-refractivity contribution in [1.29, 1.82) is 0 Å². The van der Waals surface area contributed by atoms with Gasteiger partial charge in [-0.3, -0.25) is 9.59 Å². The summed E-state index contributed by atoms with van der Waals surface area (Å²) in [5.74, 6) is -0.454. The van der Waals surface area contributed by atoms with Crippen LogP contribution >= 0.6 is 0 Å². The first-order valence-electron chi connectivity index (χ1n) is 6.88. The lowest BCUT2D eigenvalue weighted by Crippen LogP contribution is -2.44. The van der Waals surface area contributed by atoms with E-state index in [2.05, 4.69) is 5.32 Å². The molecule has 5 nitrogen and oxygen atoms in total. The molecule has 0 heterocycles. The molecule has 0 spiro atoms. The van der Waals surface area contributed by atoms with Gasteiger partial charge in [0, 0.05) is 12.6 Å². The van der Waals surface area contributed by atoms with Crippen LogP contribution in [0.25, 0.3) is 0 Å². The Balaban J connectivity index is 2.47. The van der Waals surface area contributed by atoms with E-state index in [1.807, 2.05) is 13.8 Å². The minimum atomic E-state index is -0.366. The molecular formula is C15H21FN2O3. The molecule has 2 amide bonds. The molecule has 6 heteroatoms. The van der Waals surface area contributed by atoms with Crippen LogP contribution in [0.15, 0.2) is 24.3 Å². The van der Waals surface area contributed by atoms with E-state index >= 15 is 0 Å². The summed E-state index contributed by atoms with van der Waals surface area (Å²) in [7, 11) is 0. The van der Waals surface area contributed by atoms with Crippen molar-refractivity contribution in [2.24, 2.45) is 0 Å². The highest BCUT2D eigenvalue weighted by Crippen LogP contribution is 2.11. The van der Waals surface area contributed by atoms with Crippen LogP contribution in [0.4, 0.5) is 4.39 Å². The number of nitrogens with zero attached hydrogens (tertiary/aromatic N) is 1. The van der Waals surface area contributed by atoms with Crippen LogP contribution in [0.1, 0.15) is 20.8 Å². The van der Waals surface area contributed by atoms with Crippen molar-refractivity contribution in [3.63, 3.8) is 0 Å². The molecule has 0 atom stereocenters. The standard InChI is InChI=1S/C15H21FN2O3/c1-4-18(9-14(19)17-11(2)3)15(20)10-21-13-7-5-12(16)6-8-13/h5-8,11H,4,9-10H2,1-3H3,(H,17,19). The molecule has 0 bridgehead atoms. The van der Waals surface area contributed by atoms with E-state index < -0.39 is 0 Å². The summed E-state index contributed by atoms with van der Waals surface area (Å²) in [5, 5.41) is 2.73. The summed E-state index contributed by atoms with van der Waals surface area (Å²) in [6.07, 6.45) is 0. The van der Waals surface area contributed by atoms with E-state index in [9.17, 15) is 14.0 Å². The Bertz CT molecular complexity index is 474. The summed E-state index contributed by atoms with van der Waals surface area (Å²) in [5.41, 5.74) is 0. The van der Waals surface area contributed by atoms with Crippen LogP contribution in [0.2, 0.25) is 0 Å². The Labute approximate surface area is 124 Å². The number of benzene rings is 1.